The van der Waals surface area contributed by atoms with Crippen LogP contribution in [0.3, 0.4) is 0 Å². The Bertz CT molecular complexity index is 1100. The zero-order valence-electron chi connectivity index (χ0n) is 24.5. The molecule has 0 saturated heterocycles. The van der Waals surface area contributed by atoms with E-state index in [4.69, 9.17) is 9.47 Å². The van der Waals surface area contributed by atoms with Crippen molar-refractivity contribution < 1.29 is 19.1 Å². The molecule has 6 rings (SSSR count). The standard InChI is InChI=1S/C36H46O4/c1-35(19-17-25-5-3-7-31(35)21-25)39-23-33(37)29-13-9-27(10-14-29)28-11-15-30(16-12-28)34(38)24-40-36(2)20-18-26-6-4-8-32(36)22-26/h9-16,25-26,31-32H,3-8,17-24H2,1-2H3/t25-,26-,31-,32-,35-,36-/m0/s1. The average Bonchev–Trinajstić information content (AvgIpc) is 3.00. The average molecular weight is 543 g/mol. The summed E-state index contributed by atoms with van der Waals surface area (Å²) in [6.45, 7) is 4.74. The summed E-state index contributed by atoms with van der Waals surface area (Å²) in [4.78, 5) is 25.9. The van der Waals surface area contributed by atoms with E-state index in [1.54, 1.807) is 0 Å². The third kappa shape index (κ3) is 5.85. The van der Waals surface area contributed by atoms with Gasteiger partial charge in [0.05, 0.1) is 11.2 Å². The summed E-state index contributed by atoms with van der Waals surface area (Å²) < 4.78 is 12.6. The molecule has 4 aliphatic carbocycles. The van der Waals surface area contributed by atoms with Crippen molar-refractivity contribution >= 4 is 11.6 Å². The lowest BCUT2D eigenvalue weighted by Gasteiger charge is -2.47. The van der Waals surface area contributed by atoms with E-state index < -0.39 is 0 Å². The fourth-order valence-electron chi connectivity index (χ4n) is 8.31. The first-order valence-electron chi connectivity index (χ1n) is 15.9. The first-order chi connectivity index (χ1) is 19.3. The van der Waals surface area contributed by atoms with Crippen molar-refractivity contribution in [2.45, 2.75) is 102 Å². The quantitative estimate of drug-likeness (QED) is 0.298. The molecule has 4 bridgehead atoms. The lowest BCUT2D eigenvalue weighted by Crippen LogP contribution is -2.45. The monoisotopic (exact) mass is 542 g/mol. The second-order valence-corrected chi connectivity index (χ2v) is 13.7. The van der Waals surface area contributed by atoms with Gasteiger partial charge in [-0.05, 0) is 100 Å². The van der Waals surface area contributed by atoms with Gasteiger partial charge in [0.2, 0.25) is 0 Å². The van der Waals surface area contributed by atoms with Crippen molar-refractivity contribution in [1.29, 1.82) is 0 Å². The lowest BCUT2D eigenvalue weighted by molar-refractivity contribution is -0.108. The summed E-state index contributed by atoms with van der Waals surface area (Å²) in [5.41, 5.74) is 3.11. The number of rotatable bonds is 9. The number of ether oxygens (including phenoxy) is 2. The van der Waals surface area contributed by atoms with Crippen LogP contribution >= 0.6 is 0 Å². The minimum atomic E-state index is -0.163. The highest BCUT2D eigenvalue weighted by molar-refractivity contribution is 5.98. The van der Waals surface area contributed by atoms with Crippen molar-refractivity contribution in [3.63, 3.8) is 0 Å². The van der Waals surface area contributed by atoms with Crippen LogP contribution in [0.5, 0.6) is 0 Å². The van der Waals surface area contributed by atoms with E-state index in [-0.39, 0.29) is 36.0 Å². The molecule has 4 saturated carbocycles. The Hall–Kier alpha value is -2.30. The lowest BCUT2D eigenvalue weighted by atomic mass is 9.65. The van der Waals surface area contributed by atoms with Crippen molar-refractivity contribution in [3.05, 3.63) is 59.7 Å². The highest BCUT2D eigenvalue weighted by atomic mass is 16.5. The molecule has 214 valence electrons. The molecule has 0 spiro atoms. The zero-order valence-corrected chi connectivity index (χ0v) is 24.5. The Morgan fingerprint density at radius 2 is 1.02 bits per heavy atom. The highest BCUT2D eigenvalue weighted by Crippen LogP contribution is 2.48. The molecule has 40 heavy (non-hydrogen) atoms. The molecule has 4 fully saturated rings. The van der Waals surface area contributed by atoms with Gasteiger partial charge >= 0.3 is 0 Å². The summed E-state index contributed by atoms with van der Waals surface area (Å²) in [7, 11) is 0. The Labute approximate surface area is 240 Å². The fourth-order valence-corrected chi connectivity index (χ4v) is 8.31. The topological polar surface area (TPSA) is 52.6 Å². The maximum Gasteiger partial charge on any atom is 0.188 e. The Balaban J connectivity index is 1.02. The predicted octanol–water partition coefficient (Wildman–Crippen LogP) is 8.47. The van der Waals surface area contributed by atoms with Crippen molar-refractivity contribution in [3.8, 4) is 11.1 Å². The molecule has 0 amide bonds. The second-order valence-electron chi connectivity index (χ2n) is 13.7. The molecule has 4 nitrogen and oxygen atoms in total. The smallest absolute Gasteiger partial charge is 0.188 e. The largest absolute Gasteiger partial charge is 0.367 e. The molecule has 4 aliphatic rings. The van der Waals surface area contributed by atoms with Crippen LogP contribution in [0.15, 0.2) is 48.5 Å². The molecule has 6 atom stereocenters. The third-order valence-electron chi connectivity index (χ3n) is 11.2. The minimum Gasteiger partial charge on any atom is -0.367 e. The summed E-state index contributed by atoms with van der Waals surface area (Å²) in [6.07, 6.45) is 14.9. The van der Waals surface area contributed by atoms with Crippen molar-refractivity contribution in [1.82, 2.24) is 0 Å². The number of ketones is 2. The maximum atomic E-state index is 13.0. The van der Waals surface area contributed by atoms with Gasteiger partial charge in [-0.3, -0.25) is 9.59 Å². The van der Waals surface area contributed by atoms with Crippen LogP contribution in [-0.2, 0) is 9.47 Å². The van der Waals surface area contributed by atoms with Gasteiger partial charge in [-0.15, -0.1) is 0 Å². The first kappa shape index (κ1) is 27.8. The minimum absolute atomic E-state index is 0.0436. The van der Waals surface area contributed by atoms with E-state index in [1.807, 2.05) is 48.5 Å². The van der Waals surface area contributed by atoms with Crippen molar-refractivity contribution in [2.24, 2.45) is 23.7 Å². The summed E-state index contributed by atoms with van der Waals surface area (Å²) in [5, 5.41) is 0. The molecule has 0 heterocycles. The predicted molar refractivity (Wildman–Crippen MR) is 159 cm³/mol. The summed E-state index contributed by atoms with van der Waals surface area (Å²) >= 11 is 0. The van der Waals surface area contributed by atoms with Gasteiger partial charge in [-0.1, -0.05) is 74.2 Å². The number of carbonyl (C=O) groups is 2. The van der Waals surface area contributed by atoms with Gasteiger partial charge in [0.25, 0.3) is 0 Å². The molecule has 0 N–H and O–H groups in total. The number of hydrogen-bond donors (Lipinski definition) is 0. The maximum absolute atomic E-state index is 13.0. The van der Waals surface area contributed by atoms with E-state index in [0.717, 1.165) is 35.8 Å². The molecule has 2 aromatic rings. The van der Waals surface area contributed by atoms with E-state index in [0.29, 0.717) is 23.0 Å². The number of Topliss-reactive ketones (excluding diaryl/α,β-unsaturated/α-hetero) is 2. The van der Waals surface area contributed by atoms with Gasteiger partial charge in [-0.2, -0.15) is 0 Å². The Morgan fingerprint density at radius 3 is 1.43 bits per heavy atom. The zero-order chi connectivity index (χ0) is 27.7. The van der Waals surface area contributed by atoms with Gasteiger partial charge in [0.15, 0.2) is 11.6 Å². The van der Waals surface area contributed by atoms with Gasteiger partial charge in [0.1, 0.15) is 13.2 Å². The molecule has 4 heteroatoms. The van der Waals surface area contributed by atoms with Gasteiger partial charge in [0, 0.05) is 11.1 Å². The highest BCUT2D eigenvalue weighted by Gasteiger charge is 2.44. The normalized spacial score (nSPS) is 33.4. The molecular weight excluding hydrogens is 496 g/mol. The van der Waals surface area contributed by atoms with Gasteiger partial charge < -0.3 is 9.47 Å². The fraction of sp³-hybridized carbons (Fsp3) is 0.611. The van der Waals surface area contributed by atoms with Gasteiger partial charge in [-0.25, -0.2) is 0 Å². The summed E-state index contributed by atoms with van der Waals surface area (Å²) in [5.74, 6) is 3.00. The van der Waals surface area contributed by atoms with E-state index in [1.165, 1.54) is 64.2 Å². The molecule has 0 aliphatic heterocycles. The second kappa shape index (κ2) is 11.5. The van der Waals surface area contributed by atoms with Crippen LogP contribution in [-0.4, -0.2) is 36.0 Å². The number of carbonyl (C=O) groups excluding carboxylic acids is 2. The van der Waals surface area contributed by atoms with Crippen LogP contribution in [0.4, 0.5) is 0 Å². The molecule has 0 unspecified atom stereocenters. The molecular formula is C36H46O4. The Morgan fingerprint density at radius 1 is 0.625 bits per heavy atom. The third-order valence-corrected chi connectivity index (χ3v) is 11.2. The summed E-state index contributed by atoms with van der Waals surface area (Å²) in [6, 6.07) is 15.5. The Kier molecular flexibility index (Phi) is 8.03. The number of fused-ring (bicyclic) bond motifs is 4. The molecule has 0 aromatic heterocycles. The molecule has 0 radical (unpaired) electrons. The van der Waals surface area contributed by atoms with Crippen molar-refractivity contribution in [2.75, 3.05) is 13.2 Å². The van der Waals surface area contributed by atoms with Crippen LogP contribution < -0.4 is 0 Å². The SMILES string of the molecule is C[C@]1(OCC(=O)c2ccc(-c3ccc(C(=O)CO[C@@]4(C)CC[C@@H]5CCC[C@H]4C5)cc3)cc2)CC[C@@H]2CCC[C@H]1C2. The van der Waals surface area contributed by atoms with E-state index in [9.17, 15) is 9.59 Å². The molecule has 2 aromatic carbocycles. The van der Waals surface area contributed by atoms with Crippen LogP contribution in [0.25, 0.3) is 11.1 Å². The van der Waals surface area contributed by atoms with Crippen LogP contribution in [0, 0.1) is 23.7 Å². The van der Waals surface area contributed by atoms with E-state index >= 15 is 0 Å². The number of hydrogen-bond acceptors (Lipinski definition) is 4. The van der Waals surface area contributed by atoms with Crippen LogP contribution in [0.2, 0.25) is 0 Å². The first-order valence-corrected chi connectivity index (χ1v) is 15.9. The van der Waals surface area contributed by atoms with E-state index in [2.05, 4.69) is 13.8 Å². The van der Waals surface area contributed by atoms with Crippen LogP contribution in [0.1, 0.15) is 112 Å². The number of benzene rings is 2.